The first-order valence-electron chi connectivity index (χ1n) is 16.1. The fourth-order valence-electron chi connectivity index (χ4n) is 6.82. The molecule has 47 heavy (non-hydrogen) atoms. The number of nitrogens with two attached hydrogens (primary N) is 1. The van der Waals surface area contributed by atoms with Gasteiger partial charge in [0, 0.05) is 61.1 Å². The van der Waals surface area contributed by atoms with Crippen LogP contribution in [0.15, 0.2) is 77.7 Å². The van der Waals surface area contributed by atoms with Crippen LogP contribution in [0.25, 0.3) is 50.0 Å². The quantitative estimate of drug-likeness (QED) is 0.216. The predicted octanol–water partition coefficient (Wildman–Crippen LogP) is 5.43. The highest BCUT2D eigenvalue weighted by molar-refractivity contribution is 5.96. The zero-order chi connectivity index (χ0) is 32.2. The molecule has 6 aromatic rings. The first-order valence-corrected chi connectivity index (χ1v) is 16.1. The Morgan fingerprint density at radius 2 is 1.79 bits per heavy atom. The summed E-state index contributed by atoms with van der Waals surface area (Å²) < 4.78 is 16.7. The summed E-state index contributed by atoms with van der Waals surface area (Å²) in [5.41, 5.74) is 12.4. The average Bonchev–Trinajstić information content (AvgIpc) is 3.84. The number of pyridine rings is 1. The van der Waals surface area contributed by atoms with Crippen molar-refractivity contribution in [1.29, 1.82) is 0 Å². The lowest BCUT2D eigenvalue weighted by Crippen LogP contribution is -2.43. The maximum Gasteiger partial charge on any atom is 0.265 e. The molecular formula is C37H36FN7O2. The number of aliphatic hydroxyl groups is 1. The Labute approximate surface area is 271 Å². The van der Waals surface area contributed by atoms with E-state index in [0.717, 1.165) is 67.8 Å². The van der Waals surface area contributed by atoms with Crippen LogP contribution in [-0.2, 0) is 13.2 Å². The summed E-state index contributed by atoms with van der Waals surface area (Å²) in [5.74, 6) is -0.0799. The summed E-state index contributed by atoms with van der Waals surface area (Å²) in [7, 11) is 2.16. The molecule has 1 aliphatic heterocycles. The topological polar surface area (TPSA) is 116 Å². The van der Waals surface area contributed by atoms with E-state index in [4.69, 9.17) is 5.73 Å². The number of aromatic amines is 1. The second-order valence-electron chi connectivity index (χ2n) is 12.8. The Morgan fingerprint density at radius 1 is 1.00 bits per heavy atom. The number of nitrogen functional groups attached to an aromatic ring is 1. The molecule has 8 rings (SSSR count). The molecule has 238 valence electrons. The smallest absolute Gasteiger partial charge is 0.265 e. The van der Waals surface area contributed by atoms with Gasteiger partial charge in [-0.05, 0) is 72.1 Å². The third kappa shape index (κ3) is 5.48. The van der Waals surface area contributed by atoms with Crippen LogP contribution in [-0.4, -0.2) is 67.7 Å². The molecule has 1 saturated carbocycles. The van der Waals surface area contributed by atoms with Crippen molar-refractivity contribution in [2.45, 2.75) is 31.9 Å². The number of H-pyrrole nitrogens is 1. The third-order valence-electron chi connectivity index (χ3n) is 9.62. The van der Waals surface area contributed by atoms with Crippen molar-refractivity contribution in [3.63, 3.8) is 0 Å². The standard InChI is InChI=1S/C37H36FN7O2/c1-43-13-15-44(16-14-43)20-22-5-7-24(8-6-22)31-19-28-34(41-37(39)42-35(28)40-31)27-3-2-4-32(29(27)21-46)45-12-11-25-17-26(23-9-10-23)18-30(38)33(25)36(45)47/h2-8,11-12,17-19,23,46H,9-10,13-16,20-21H2,1H3,(H3,39,40,41,42). The summed E-state index contributed by atoms with van der Waals surface area (Å²) in [4.78, 5) is 31.0. The third-order valence-corrected chi connectivity index (χ3v) is 9.62. The Morgan fingerprint density at radius 3 is 2.53 bits per heavy atom. The molecule has 3 aromatic carbocycles. The fraction of sp³-hybridized carbons (Fsp3) is 0.270. The van der Waals surface area contributed by atoms with E-state index in [1.807, 2.05) is 18.2 Å². The molecule has 0 radical (unpaired) electrons. The van der Waals surface area contributed by atoms with Crippen LogP contribution in [0.2, 0.25) is 0 Å². The minimum atomic E-state index is -0.525. The van der Waals surface area contributed by atoms with E-state index in [0.29, 0.717) is 39.5 Å². The van der Waals surface area contributed by atoms with Crippen molar-refractivity contribution in [3.05, 3.63) is 106 Å². The first kappa shape index (κ1) is 29.5. The van der Waals surface area contributed by atoms with Crippen LogP contribution in [0.1, 0.15) is 35.4 Å². The monoisotopic (exact) mass is 629 g/mol. The van der Waals surface area contributed by atoms with Gasteiger partial charge in [0.25, 0.3) is 5.56 Å². The lowest BCUT2D eigenvalue weighted by molar-refractivity contribution is 0.148. The number of hydrogen-bond acceptors (Lipinski definition) is 7. The number of piperazine rings is 1. The largest absolute Gasteiger partial charge is 0.392 e. The Bertz CT molecular complexity index is 2200. The molecule has 1 saturated heterocycles. The molecule has 0 amide bonds. The molecule has 9 nitrogen and oxygen atoms in total. The molecule has 0 spiro atoms. The Kier molecular flexibility index (Phi) is 7.35. The van der Waals surface area contributed by atoms with Crippen molar-refractivity contribution in [1.82, 2.24) is 29.3 Å². The molecule has 2 fully saturated rings. The number of halogens is 1. The molecule has 2 aliphatic rings. The molecule has 1 aliphatic carbocycles. The maximum absolute atomic E-state index is 15.3. The zero-order valence-electron chi connectivity index (χ0n) is 26.2. The zero-order valence-corrected chi connectivity index (χ0v) is 26.2. The number of hydrogen-bond donors (Lipinski definition) is 3. The number of aromatic nitrogens is 4. The normalized spacial score (nSPS) is 16.0. The molecule has 0 unspecified atom stereocenters. The summed E-state index contributed by atoms with van der Waals surface area (Å²) >= 11 is 0. The molecule has 4 N–H and O–H groups in total. The average molecular weight is 630 g/mol. The highest BCUT2D eigenvalue weighted by Crippen LogP contribution is 2.41. The van der Waals surface area contributed by atoms with Gasteiger partial charge in [0.05, 0.1) is 23.4 Å². The van der Waals surface area contributed by atoms with Crippen LogP contribution in [0.5, 0.6) is 0 Å². The van der Waals surface area contributed by atoms with Gasteiger partial charge in [0.15, 0.2) is 0 Å². The summed E-state index contributed by atoms with van der Waals surface area (Å²) in [6.45, 7) is 4.83. The summed E-state index contributed by atoms with van der Waals surface area (Å²) in [5, 5.41) is 12.0. The van der Waals surface area contributed by atoms with Gasteiger partial charge in [-0.3, -0.25) is 14.3 Å². The van der Waals surface area contributed by atoms with E-state index >= 15 is 4.39 Å². The van der Waals surface area contributed by atoms with Gasteiger partial charge in [-0.1, -0.05) is 42.5 Å². The SMILES string of the molecule is CN1CCN(Cc2ccc(-c3cc4c(-c5cccc(-n6ccc7cc(C8CC8)cc(F)c7c6=O)c5CO)nc(N)nc4[nH]3)cc2)CC1. The van der Waals surface area contributed by atoms with Crippen LogP contribution in [0.4, 0.5) is 10.3 Å². The summed E-state index contributed by atoms with van der Waals surface area (Å²) in [6.07, 6.45) is 3.73. The highest BCUT2D eigenvalue weighted by atomic mass is 19.1. The van der Waals surface area contributed by atoms with E-state index in [2.05, 4.69) is 56.1 Å². The Balaban J connectivity index is 1.17. The van der Waals surface area contributed by atoms with Crippen molar-refractivity contribution in [3.8, 4) is 28.2 Å². The van der Waals surface area contributed by atoms with Gasteiger partial charge in [0.2, 0.25) is 5.95 Å². The van der Waals surface area contributed by atoms with Crippen LogP contribution in [0, 0.1) is 5.82 Å². The first-order chi connectivity index (χ1) is 22.9. The van der Waals surface area contributed by atoms with Crippen molar-refractivity contribution in [2.24, 2.45) is 0 Å². The number of aliphatic hydroxyl groups excluding tert-OH is 1. The fourth-order valence-corrected chi connectivity index (χ4v) is 6.82. The number of benzene rings is 3. The number of nitrogens with one attached hydrogen (secondary N) is 1. The van der Waals surface area contributed by atoms with Gasteiger partial charge in [-0.15, -0.1) is 0 Å². The number of likely N-dealkylation sites (N-methyl/N-ethyl adjacent to an activating group) is 1. The maximum atomic E-state index is 15.3. The van der Waals surface area contributed by atoms with Crippen LogP contribution in [0.3, 0.4) is 0 Å². The van der Waals surface area contributed by atoms with Gasteiger partial charge in [-0.2, -0.15) is 4.98 Å². The number of fused-ring (bicyclic) bond motifs is 2. The number of nitrogens with zero attached hydrogens (tertiary/aromatic N) is 5. The molecule has 3 aromatic heterocycles. The van der Waals surface area contributed by atoms with E-state index in [1.54, 1.807) is 24.4 Å². The van der Waals surface area contributed by atoms with Crippen molar-refractivity contribution < 1.29 is 9.50 Å². The minimum absolute atomic E-state index is 0.0321. The van der Waals surface area contributed by atoms with Gasteiger partial charge in [0.1, 0.15) is 11.5 Å². The lowest BCUT2D eigenvalue weighted by Gasteiger charge is -2.32. The van der Waals surface area contributed by atoms with E-state index < -0.39 is 11.4 Å². The van der Waals surface area contributed by atoms with Crippen molar-refractivity contribution >= 4 is 27.8 Å². The minimum Gasteiger partial charge on any atom is -0.392 e. The second-order valence-corrected chi connectivity index (χ2v) is 12.8. The van der Waals surface area contributed by atoms with Crippen LogP contribution >= 0.6 is 0 Å². The lowest BCUT2D eigenvalue weighted by atomic mass is 9.99. The molecule has 0 bridgehead atoms. The molecule has 4 heterocycles. The molecule has 10 heteroatoms. The van der Waals surface area contributed by atoms with Crippen LogP contribution < -0.4 is 11.3 Å². The Hall–Kier alpha value is -4.90. The molecule has 0 atom stereocenters. The van der Waals surface area contributed by atoms with Gasteiger partial charge >= 0.3 is 0 Å². The van der Waals surface area contributed by atoms with E-state index in [9.17, 15) is 9.90 Å². The van der Waals surface area contributed by atoms with E-state index in [1.165, 1.54) is 16.2 Å². The van der Waals surface area contributed by atoms with E-state index in [-0.39, 0.29) is 17.9 Å². The summed E-state index contributed by atoms with van der Waals surface area (Å²) in [6, 6.07) is 21.0. The predicted molar refractivity (Wildman–Crippen MR) is 183 cm³/mol. The van der Waals surface area contributed by atoms with Gasteiger partial charge in [-0.25, -0.2) is 9.37 Å². The highest BCUT2D eigenvalue weighted by Gasteiger charge is 2.26. The van der Waals surface area contributed by atoms with Crippen molar-refractivity contribution in [2.75, 3.05) is 39.0 Å². The molecular weight excluding hydrogens is 593 g/mol. The number of rotatable bonds is 7. The number of anilines is 1. The second kappa shape index (κ2) is 11.7. The van der Waals surface area contributed by atoms with Gasteiger partial charge < -0.3 is 20.7 Å².